The standard InChI is InChI=1S/C14H22N2.ClH/c1-10-6-12(3)13(7-11(10)2)8-16-5-4-14(15)9-16;/h6-7,14H,4-5,8-9,15H2,1-3H3;1H. The van der Waals surface area contributed by atoms with E-state index in [0.29, 0.717) is 6.04 Å². The molecular weight excluding hydrogens is 232 g/mol. The number of hydrogen-bond donors (Lipinski definition) is 1. The van der Waals surface area contributed by atoms with Crippen molar-refractivity contribution in [1.29, 1.82) is 0 Å². The SMILES string of the molecule is Cc1cc(C)c(CN2CCC(N)C2)cc1C.Cl. The van der Waals surface area contributed by atoms with Crippen molar-refractivity contribution < 1.29 is 0 Å². The second-order valence-electron chi connectivity index (χ2n) is 5.15. The van der Waals surface area contributed by atoms with E-state index in [1.54, 1.807) is 0 Å². The average Bonchev–Trinajstić information content (AvgIpc) is 2.60. The molecule has 1 aliphatic heterocycles. The third kappa shape index (κ3) is 3.44. The van der Waals surface area contributed by atoms with Crippen LogP contribution >= 0.6 is 12.4 Å². The highest BCUT2D eigenvalue weighted by Gasteiger charge is 2.19. The van der Waals surface area contributed by atoms with Crippen LogP contribution in [0.5, 0.6) is 0 Å². The van der Waals surface area contributed by atoms with Crippen molar-refractivity contribution >= 4 is 12.4 Å². The van der Waals surface area contributed by atoms with Gasteiger partial charge in [-0.05, 0) is 49.4 Å². The quantitative estimate of drug-likeness (QED) is 0.879. The highest BCUT2D eigenvalue weighted by Crippen LogP contribution is 2.19. The van der Waals surface area contributed by atoms with Crippen LogP contribution in [0.4, 0.5) is 0 Å². The fourth-order valence-electron chi connectivity index (χ4n) is 2.44. The largest absolute Gasteiger partial charge is 0.326 e. The van der Waals surface area contributed by atoms with Crippen LogP contribution in [0.25, 0.3) is 0 Å². The van der Waals surface area contributed by atoms with Crippen LogP contribution in [0, 0.1) is 20.8 Å². The second-order valence-corrected chi connectivity index (χ2v) is 5.15. The Labute approximate surface area is 111 Å². The highest BCUT2D eigenvalue weighted by atomic mass is 35.5. The topological polar surface area (TPSA) is 29.3 Å². The average molecular weight is 255 g/mol. The number of aryl methyl sites for hydroxylation is 3. The Morgan fingerprint density at radius 3 is 2.41 bits per heavy atom. The first-order valence-corrected chi connectivity index (χ1v) is 6.11. The van der Waals surface area contributed by atoms with Gasteiger partial charge in [-0.15, -0.1) is 12.4 Å². The molecule has 1 aromatic rings. The molecule has 0 saturated carbocycles. The maximum Gasteiger partial charge on any atom is 0.0237 e. The van der Waals surface area contributed by atoms with Crippen molar-refractivity contribution in [1.82, 2.24) is 4.90 Å². The summed E-state index contributed by atoms with van der Waals surface area (Å²) in [6.45, 7) is 9.82. The van der Waals surface area contributed by atoms with E-state index in [4.69, 9.17) is 5.73 Å². The minimum absolute atomic E-state index is 0. The third-order valence-corrected chi connectivity index (χ3v) is 3.66. The van der Waals surface area contributed by atoms with Crippen molar-refractivity contribution in [3.63, 3.8) is 0 Å². The predicted molar refractivity (Wildman–Crippen MR) is 75.8 cm³/mol. The van der Waals surface area contributed by atoms with E-state index in [1.165, 1.54) is 22.3 Å². The third-order valence-electron chi connectivity index (χ3n) is 3.66. The monoisotopic (exact) mass is 254 g/mol. The van der Waals surface area contributed by atoms with Gasteiger partial charge >= 0.3 is 0 Å². The zero-order chi connectivity index (χ0) is 11.7. The summed E-state index contributed by atoms with van der Waals surface area (Å²) in [6.07, 6.45) is 1.14. The summed E-state index contributed by atoms with van der Waals surface area (Å²) < 4.78 is 0. The predicted octanol–water partition coefficient (Wildman–Crippen LogP) is 2.57. The molecule has 3 heteroatoms. The lowest BCUT2D eigenvalue weighted by atomic mass is 10.0. The highest BCUT2D eigenvalue weighted by molar-refractivity contribution is 5.85. The van der Waals surface area contributed by atoms with Gasteiger partial charge in [0.1, 0.15) is 0 Å². The van der Waals surface area contributed by atoms with Gasteiger partial charge in [-0.1, -0.05) is 12.1 Å². The first kappa shape index (κ1) is 14.5. The molecule has 17 heavy (non-hydrogen) atoms. The first-order valence-electron chi connectivity index (χ1n) is 6.11. The van der Waals surface area contributed by atoms with Gasteiger partial charge in [-0.3, -0.25) is 4.90 Å². The molecule has 1 saturated heterocycles. The number of nitrogens with two attached hydrogens (primary N) is 1. The zero-order valence-corrected chi connectivity index (χ0v) is 11.8. The van der Waals surface area contributed by atoms with E-state index in [0.717, 1.165) is 26.1 Å². The molecule has 2 rings (SSSR count). The second kappa shape index (κ2) is 5.85. The molecule has 1 aromatic carbocycles. The smallest absolute Gasteiger partial charge is 0.0237 e. The van der Waals surface area contributed by atoms with Crippen LogP contribution in [-0.2, 0) is 6.54 Å². The van der Waals surface area contributed by atoms with Crippen molar-refractivity contribution in [2.24, 2.45) is 5.73 Å². The summed E-state index contributed by atoms with van der Waals surface area (Å²) in [5.41, 5.74) is 11.6. The first-order chi connectivity index (χ1) is 7.56. The summed E-state index contributed by atoms with van der Waals surface area (Å²) >= 11 is 0. The molecule has 0 radical (unpaired) electrons. The Morgan fingerprint density at radius 2 is 1.82 bits per heavy atom. The van der Waals surface area contributed by atoms with Crippen LogP contribution < -0.4 is 5.73 Å². The molecule has 0 aromatic heterocycles. The Balaban J connectivity index is 0.00000144. The molecule has 0 amide bonds. The number of nitrogens with zero attached hydrogens (tertiary/aromatic N) is 1. The molecule has 1 heterocycles. The van der Waals surface area contributed by atoms with Gasteiger partial charge in [0.2, 0.25) is 0 Å². The van der Waals surface area contributed by atoms with Gasteiger partial charge in [-0.2, -0.15) is 0 Å². The van der Waals surface area contributed by atoms with Gasteiger partial charge < -0.3 is 5.73 Å². The Morgan fingerprint density at radius 1 is 1.18 bits per heavy atom. The van der Waals surface area contributed by atoms with Gasteiger partial charge in [0.15, 0.2) is 0 Å². The molecule has 0 aliphatic carbocycles. The molecule has 0 spiro atoms. The summed E-state index contributed by atoms with van der Waals surface area (Å²) in [4.78, 5) is 2.46. The van der Waals surface area contributed by atoms with Crippen molar-refractivity contribution in [2.45, 2.75) is 39.8 Å². The molecule has 1 fully saturated rings. The molecule has 1 unspecified atom stereocenters. The van der Waals surface area contributed by atoms with Gasteiger partial charge in [0, 0.05) is 25.7 Å². The lowest BCUT2D eigenvalue weighted by Crippen LogP contribution is -2.26. The molecule has 2 N–H and O–H groups in total. The van der Waals surface area contributed by atoms with Gasteiger partial charge in [-0.25, -0.2) is 0 Å². The fourth-order valence-corrected chi connectivity index (χ4v) is 2.44. The Kier molecular flexibility index (Phi) is 4.99. The molecular formula is C14H23ClN2. The van der Waals surface area contributed by atoms with Crippen LogP contribution in [0.1, 0.15) is 28.7 Å². The van der Waals surface area contributed by atoms with E-state index >= 15 is 0 Å². The fraction of sp³-hybridized carbons (Fsp3) is 0.571. The van der Waals surface area contributed by atoms with E-state index in [-0.39, 0.29) is 12.4 Å². The Bertz CT molecular complexity index is 390. The van der Waals surface area contributed by atoms with Gasteiger partial charge in [0.05, 0.1) is 0 Å². The molecule has 1 aliphatic rings. The number of likely N-dealkylation sites (tertiary alicyclic amines) is 1. The minimum Gasteiger partial charge on any atom is -0.326 e. The van der Waals surface area contributed by atoms with Crippen LogP contribution in [0.3, 0.4) is 0 Å². The molecule has 96 valence electrons. The summed E-state index contributed by atoms with van der Waals surface area (Å²) in [6, 6.07) is 5.00. The zero-order valence-electron chi connectivity index (χ0n) is 11.0. The van der Waals surface area contributed by atoms with Crippen molar-refractivity contribution in [2.75, 3.05) is 13.1 Å². The van der Waals surface area contributed by atoms with E-state index in [9.17, 15) is 0 Å². The molecule has 1 atom stereocenters. The van der Waals surface area contributed by atoms with Crippen LogP contribution in [0.2, 0.25) is 0 Å². The number of halogens is 1. The van der Waals surface area contributed by atoms with Crippen LogP contribution in [-0.4, -0.2) is 24.0 Å². The normalized spacial score (nSPS) is 20.4. The van der Waals surface area contributed by atoms with E-state index in [2.05, 4.69) is 37.8 Å². The van der Waals surface area contributed by atoms with Crippen molar-refractivity contribution in [3.05, 3.63) is 34.4 Å². The summed E-state index contributed by atoms with van der Waals surface area (Å²) in [7, 11) is 0. The van der Waals surface area contributed by atoms with E-state index < -0.39 is 0 Å². The van der Waals surface area contributed by atoms with E-state index in [1.807, 2.05) is 0 Å². The number of benzene rings is 1. The number of hydrogen-bond acceptors (Lipinski definition) is 2. The number of rotatable bonds is 2. The van der Waals surface area contributed by atoms with Crippen molar-refractivity contribution in [3.8, 4) is 0 Å². The summed E-state index contributed by atoms with van der Waals surface area (Å²) in [5, 5.41) is 0. The Hall–Kier alpha value is -0.570. The molecule has 2 nitrogen and oxygen atoms in total. The molecule has 0 bridgehead atoms. The lowest BCUT2D eigenvalue weighted by Gasteiger charge is -2.18. The summed E-state index contributed by atoms with van der Waals surface area (Å²) in [5.74, 6) is 0. The maximum absolute atomic E-state index is 5.93. The lowest BCUT2D eigenvalue weighted by molar-refractivity contribution is 0.326. The van der Waals surface area contributed by atoms with Gasteiger partial charge in [0.25, 0.3) is 0 Å². The van der Waals surface area contributed by atoms with Crippen LogP contribution in [0.15, 0.2) is 12.1 Å². The maximum atomic E-state index is 5.93. The minimum atomic E-state index is 0.